The Bertz CT molecular complexity index is 570. The molecular formula is C17H26FN3O. The molecule has 0 unspecified atom stereocenters. The minimum absolute atomic E-state index is 0.181. The van der Waals surface area contributed by atoms with Crippen LogP contribution in [0, 0.1) is 5.92 Å². The predicted octanol–water partition coefficient (Wildman–Crippen LogP) is 3.46. The van der Waals surface area contributed by atoms with Gasteiger partial charge in [0.25, 0.3) is 0 Å². The van der Waals surface area contributed by atoms with E-state index in [0.717, 1.165) is 26.2 Å². The van der Waals surface area contributed by atoms with E-state index in [1.54, 1.807) is 6.92 Å². The minimum atomic E-state index is -0.181. The minimum Gasteiger partial charge on any atom is -0.381 e. The number of aryl methyl sites for hydroxylation is 2. The molecular weight excluding hydrogens is 281 g/mol. The maximum atomic E-state index is 10.7. The smallest absolute Gasteiger partial charge is 0.0891 e. The molecule has 2 aromatic rings. The van der Waals surface area contributed by atoms with E-state index >= 15 is 0 Å². The van der Waals surface area contributed by atoms with Crippen LogP contribution in [0.15, 0.2) is 24.7 Å². The van der Waals surface area contributed by atoms with Gasteiger partial charge >= 0.3 is 0 Å². The summed E-state index contributed by atoms with van der Waals surface area (Å²) in [5.74, 6) is 0.639. The molecule has 0 amide bonds. The van der Waals surface area contributed by atoms with Crippen LogP contribution in [0.2, 0.25) is 0 Å². The fraction of sp³-hybridized carbons (Fsp3) is 0.588. The second-order valence-electron chi connectivity index (χ2n) is 5.73. The third kappa shape index (κ3) is 4.19. The summed E-state index contributed by atoms with van der Waals surface area (Å²) in [6.45, 7) is 6.52. The number of aromatic nitrogens is 3. The van der Waals surface area contributed by atoms with Gasteiger partial charge in [-0.1, -0.05) is 13.8 Å². The van der Waals surface area contributed by atoms with Crippen molar-refractivity contribution >= 4 is 0 Å². The second-order valence-corrected chi connectivity index (χ2v) is 5.73. The molecule has 0 radical (unpaired) electrons. The summed E-state index contributed by atoms with van der Waals surface area (Å²) >= 11 is 0. The molecule has 0 atom stereocenters. The standard InChI is InChI=1S/C14H19N3O.C3H7F/c1-3-14-4-12(7-16(14)2)13-5-15-17(8-13)6-11-9-18-10-11;1-2-3-4/h4-5,7-8,11H,3,6,9-10H2,1-2H3;2-3H2,1H3. The van der Waals surface area contributed by atoms with E-state index in [0.29, 0.717) is 12.3 Å². The van der Waals surface area contributed by atoms with Crippen LogP contribution in [-0.2, 0) is 24.8 Å². The highest BCUT2D eigenvalue weighted by atomic mass is 19.1. The molecule has 5 heteroatoms. The number of ether oxygens (including phenoxy) is 1. The highest BCUT2D eigenvalue weighted by molar-refractivity contribution is 5.62. The van der Waals surface area contributed by atoms with Crippen molar-refractivity contribution < 1.29 is 9.13 Å². The van der Waals surface area contributed by atoms with Gasteiger partial charge in [-0.15, -0.1) is 0 Å². The Hall–Kier alpha value is -1.62. The van der Waals surface area contributed by atoms with Gasteiger partial charge in [0.2, 0.25) is 0 Å². The van der Waals surface area contributed by atoms with Gasteiger partial charge in [-0.05, 0) is 18.9 Å². The van der Waals surface area contributed by atoms with Crippen LogP contribution in [0.1, 0.15) is 26.0 Å². The number of rotatable bonds is 5. The van der Waals surface area contributed by atoms with Gasteiger partial charge in [0.05, 0.1) is 26.1 Å². The summed E-state index contributed by atoms with van der Waals surface area (Å²) in [5, 5.41) is 4.43. The first-order valence-electron chi connectivity index (χ1n) is 7.99. The monoisotopic (exact) mass is 307 g/mol. The molecule has 0 N–H and O–H groups in total. The van der Waals surface area contributed by atoms with Crippen molar-refractivity contribution in [3.05, 3.63) is 30.4 Å². The Morgan fingerprint density at radius 1 is 1.27 bits per heavy atom. The van der Waals surface area contributed by atoms with E-state index in [9.17, 15) is 4.39 Å². The van der Waals surface area contributed by atoms with Crippen molar-refractivity contribution in [3.8, 4) is 11.1 Å². The SMILES string of the molecule is CCCF.CCc1cc(-c2cnn(CC3COC3)c2)cn1C. The van der Waals surface area contributed by atoms with E-state index < -0.39 is 0 Å². The predicted molar refractivity (Wildman–Crippen MR) is 86.6 cm³/mol. The lowest BCUT2D eigenvalue weighted by atomic mass is 10.1. The molecule has 4 nitrogen and oxygen atoms in total. The highest BCUT2D eigenvalue weighted by Gasteiger charge is 2.19. The van der Waals surface area contributed by atoms with Crippen molar-refractivity contribution in [2.45, 2.75) is 33.2 Å². The molecule has 1 saturated heterocycles. The summed E-state index contributed by atoms with van der Waals surface area (Å²) in [5.41, 5.74) is 3.81. The maximum Gasteiger partial charge on any atom is 0.0891 e. The Morgan fingerprint density at radius 2 is 2.00 bits per heavy atom. The molecule has 1 aliphatic heterocycles. The van der Waals surface area contributed by atoms with Crippen LogP contribution in [0.4, 0.5) is 4.39 Å². The van der Waals surface area contributed by atoms with Crippen LogP contribution in [-0.4, -0.2) is 34.2 Å². The third-order valence-corrected chi connectivity index (χ3v) is 3.78. The lowest BCUT2D eigenvalue weighted by molar-refractivity contribution is -0.0408. The lowest BCUT2D eigenvalue weighted by Crippen LogP contribution is -2.31. The summed E-state index contributed by atoms with van der Waals surface area (Å²) in [6.07, 6.45) is 7.97. The summed E-state index contributed by atoms with van der Waals surface area (Å²) in [6, 6.07) is 2.24. The lowest BCUT2D eigenvalue weighted by Gasteiger charge is -2.25. The number of halogens is 1. The van der Waals surface area contributed by atoms with Gasteiger partial charge in [-0.2, -0.15) is 5.10 Å². The van der Waals surface area contributed by atoms with E-state index in [4.69, 9.17) is 4.74 Å². The fourth-order valence-corrected chi connectivity index (χ4v) is 2.39. The summed E-state index contributed by atoms with van der Waals surface area (Å²) in [7, 11) is 2.10. The molecule has 3 rings (SSSR count). The first kappa shape index (κ1) is 16.7. The van der Waals surface area contributed by atoms with Gasteiger partial charge in [0.1, 0.15) is 0 Å². The van der Waals surface area contributed by atoms with Crippen LogP contribution >= 0.6 is 0 Å². The van der Waals surface area contributed by atoms with Crippen LogP contribution in [0.25, 0.3) is 11.1 Å². The zero-order valence-electron chi connectivity index (χ0n) is 13.8. The second kappa shape index (κ2) is 8.13. The van der Waals surface area contributed by atoms with E-state index in [-0.39, 0.29) is 6.67 Å². The molecule has 1 aliphatic rings. The molecule has 122 valence electrons. The molecule has 3 heterocycles. The molecule has 0 bridgehead atoms. The van der Waals surface area contributed by atoms with Crippen molar-refractivity contribution in [3.63, 3.8) is 0 Å². The van der Waals surface area contributed by atoms with Gasteiger partial charge in [-0.25, -0.2) is 0 Å². The van der Waals surface area contributed by atoms with Crippen LogP contribution in [0.3, 0.4) is 0 Å². The summed E-state index contributed by atoms with van der Waals surface area (Å²) < 4.78 is 20.1. The van der Waals surface area contributed by atoms with Crippen molar-refractivity contribution in [1.82, 2.24) is 14.3 Å². The van der Waals surface area contributed by atoms with Gasteiger partial charge in [0.15, 0.2) is 0 Å². The summed E-state index contributed by atoms with van der Waals surface area (Å²) in [4.78, 5) is 0. The zero-order chi connectivity index (χ0) is 15.9. The molecule has 0 aromatic carbocycles. The molecule has 0 aliphatic carbocycles. The van der Waals surface area contributed by atoms with E-state index in [2.05, 4.69) is 42.1 Å². The van der Waals surface area contributed by atoms with Gasteiger partial charge < -0.3 is 9.30 Å². The first-order chi connectivity index (χ1) is 10.7. The number of alkyl halides is 1. The number of nitrogens with zero attached hydrogens (tertiary/aromatic N) is 3. The van der Waals surface area contributed by atoms with Crippen LogP contribution in [0.5, 0.6) is 0 Å². The average Bonchev–Trinajstić information content (AvgIpc) is 3.09. The Morgan fingerprint density at radius 3 is 2.50 bits per heavy atom. The number of hydrogen-bond acceptors (Lipinski definition) is 2. The topological polar surface area (TPSA) is 32.0 Å². The average molecular weight is 307 g/mol. The maximum absolute atomic E-state index is 10.7. The third-order valence-electron chi connectivity index (χ3n) is 3.78. The Balaban J connectivity index is 0.000000396. The molecule has 0 spiro atoms. The normalized spacial score (nSPS) is 14.4. The zero-order valence-corrected chi connectivity index (χ0v) is 13.8. The first-order valence-corrected chi connectivity index (χ1v) is 7.99. The van der Waals surface area contributed by atoms with Gasteiger partial charge in [0, 0.05) is 48.7 Å². The van der Waals surface area contributed by atoms with Crippen molar-refractivity contribution in [2.75, 3.05) is 19.9 Å². The van der Waals surface area contributed by atoms with Crippen LogP contribution < -0.4 is 0 Å². The highest BCUT2D eigenvalue weighted by Crippen LogP contribution is 2.22. The van der Waals surface area contributed by atoms with Crippen molar-refractivity contribution in [2.24, 2.45) is 13.0 Å². The van der Waals surface area contributed by atoms with E-state index in [1.807, 2.05) is 10.9 Å². The van der Waals surface area contributed by atoms with Gasteiger partial charge in [-0.3, -0.25) is 9.07 Å². The molecule has 0 saturated carbocycles. The quantitative estimate of drug-likeness (QED) is 0.847. The Kier molecular flexibility index (Phi) is 6.19. The Labute approximate surface area is 131 Å². The van der Waals surface area contributed by atoms with E-state index in [1.165, 1.54) is 16.8 Å². The molecule has 1 fully saturated rings. The number of hydrogen-bond donors (Lipinski definition) is 0. The fourth-order valence-electron chi connectivity index (χ4n) is 2.39. The van der Waals surface area contributed by atoms with Crippen molar-refractivity contribution in [1.29, 1.82) is 0 Å². The molecule has 22 heavy (non-hydrogen) atoms. The largest absolute Gasteiger partial charge is 0.381 e. The molecule has 2 aromatic heterocycles.